The summed E-state index contributed by atoms with van der Waals surface area (Å²) >= 11 is 6.02. The maximum absolute atomic E-state index is 10.8. The van der Waals surface area contributed by atoms with Crippen LogP contribution >= 0.6 is 11.6 Å². The van der Waals surface area contributed by atoms with E-state index >= 15 is 0 Å². The molecule has 2 heterocycles. The second-order valence-corrected chi connectivity index (χ2v) is 9.34. The van der Waals surface area contributed by atoms with Gasteiger partial charge in [0.25, 0.3) is 0 Å². The highest BCUT2D eigenvalue weighted by molar-refractivity contribution is 6.30. The number of H-pyrrole nitrogens is 1. The number of carbonyl (C=O) groups excluding carboxylic acids is 1. The molecule has 6 heteroatoms. The Hall–Kier alpha value is -2.34. The van der Waals surface area contributed by atoms with Crippen molar-refractivity contribution in [3.63, 3.8) is 0 Å². The number of nitrogens with one attached hydrogen (secondary N) is 2. The first-order valence-electron chi connectivity index (χ1n) is 11.6. The SMILES string of the molecule is CC(CC(CCNC=O)N1CCN(Cc2ccc(Cl)cc2)CC1)c1cc2ccccc2[nH]1. The summed E-state index contributed by atoms with van der Waals surface area (Å²) in [6, 6.07) is 19.3. The normalized spacial score (nSPS) is 17.3. The molecule has 0 saturated carbocycles. The van der Waals surface area contributed by atoms with Crippen LogP contribution in [0.15, 0.2) is 54.6 Å². The standard InChI is InChI=1S/C26H33ClN4O/c1-20(26-17-22-4-2-3-5-25(22)29-26)16-24(10-11-28-19-32)31-14-12-30(13-15-31)18-21-6-8-23(27)9-7-21/h2-9,17,19-20,24,29H,10-16,18H2,1H3,(H,28,32). The van der Waals surface area contributed by atoms with E-state index in [1.54, 1.807) is 0 Å². The number of halogens is 1. The molecule has 2 atom stereocenters. The minimum atomic E-state index is 0.427. The van der Waals surface area contributed by atoms with E-state index in [1.165, 1.54) is 22.2 Å². The van der Waals surface area contributed by atoms with Crippen molar-refractivity contribution in [1.82, 2.24) is 20.1 Å². The van der Waals surface area contributed by atoms with Crippen LogP contribution in [-0.2, 0) is 11.3 Å². The predicted molar refractivity (Wildman–Crippen MR) is 132 cm³/mol. The Labute approximate surface area is 195 Å². The average molecular weight is 453 g/mol. The lowest BCUT2D eigenvalue weighted by molar-refractivity contribution is -0.109. The van der Waals surface area contributed by atoms with Gasteiger partial charge in [-0.05, 0) is 54.0 Å². The number of amides is 1. The molecule has 2 aromatic carbocycles. The van der Waals surface area contributed by atoms with Crippen LogP contribution in [0.2, 0.25) is 5.02 Å². The summed E-state index contributed by atoms with van der Waals surface area (Å²) in [5.74, 6) is 0.427. The quantitative estimate of drug-likeness (QED) is 0.348. The first kappa shape index (κ1) is 22.8. The summed E-state index contributed by atoms with van der Waals surface area (Å²) in [7, 11) is 0. The van der Waals surface area contributed by atoms with Gasteiger partial charge in [0, 0.05) is 61.5 Å². The van der Waals surface area contributed by atoms with Gasteiger partial charge in [0.2, 0.25) is 6.41 Å². The van der Waals surface area contributed by atoms with E-state index in [9.17, 15) is 4.79 Å². The smallest absolute Gasteiger partial charge is 0.207 e. The number of fused-ring (bicyclic) bond motifs is 1. The van der Waals surface area contributed by atoms with Crippen LogP contribution in [0.4, 0.5) is 0 Å². The molecule has 0 radical (unpaired) electrons. The average Bonchev–Trinajstić information content (AvgIpc) is 3.25. The summed E-state index contributed by atoms with van der Waals surface area (Å²) in [5, 5.41) is 4.92. The van der Waals surface area contributed by atoms with Crippen molar-refractivity contribution < 1.29 is 4.79 Å². The zero-order valence-electron chi connectivity index (χ0n) is 18.8. The number of benzene rings is 2. The van der Waals surface area contributed by atoms with Gasteiger partial charge >= 0.3 is 0 Å². The van der Waals surface area contributed by atoms with E-state index in [2.05, 4.69) is 69.5 Å². The van der Waals surface area contributed by atoms with E-state index < -0.39 is 0 Å². The number of aromatic nitrogens is 1. The van der Waals surface area contributed by atoms with E-state index in [4.69, 9.17) is 11.6 Å². The Morgan fingerprint density at radius 2 is 1.84 bits per heavy atom. The summed E-state index contributed by atoms with van der Waals surface area (Å²) in [5.41, 5.74) is 3.80. The highest BCUT2D eigenvalue weighted by Gasteiger charge is 2.26. The highest BCUT2D eigenvalue weighted by Crippen LogP contribution is 2.27. The molecule has 0 aliphatic carbocycles. The van der Waals surface area contributed by atoms with Crippen LogP contribution in [0.1, 0.15) is 36.9 Å². The largest absolute Gasteiger partial charge is 0.359 e. The van der Waals surface area contributed by atoms with Gasteiger partial charge in [-0.2, -0.15) is 0 Å². The zero-order chi connectivity index (χ0) is 22.3. The molecule has 1 aromatic heterocycles. The van der Waals surface area contributed by atoms with E-state index in [0.29, 0.717) is 12.0 Å². The maximum Gasteiger partial charge on any atom is 0.207 e. The van der Waals surface area contributed by atoms with Crippen molar-refractivity contribution in [3.8, 4) is 0 Å². The van der Waals surface area contributed by atoms with Crippen molar-refractivity contribution in [1.29, 1.82) is 0 Å². The van der Waals surface area contributed by atoms with Gasteiger partial charge in [-0.1, -0.05) is 48.9 Å². The second-order valence-electron chi connectivity index (χ2n) is 8.90. The Bertz CT molecular complexity index is 961. The third-order valence-corrected chi connectivity index (χ3v) is 6.91. The summed E-state index contributed by atoms with van der Waals surface area (Å²) < 4.78 is 0. The molecule has 1 saturated heterocycles. The summed E-state index contributed by atoms with van der Waals surface area (Å²) in [4.78, 5) is 19.5. The zero-order valence-corrected chi connectivity index (χ0v) is 19.5. The predicted octanol–water partition coefficient (Wildman–Crippen LogP) is 4.64. The number of hydrogen-bond acceptors (Lipinski definition) is 3. The van der Waals surface area contributed by atoms with Crippen molar-refractivity contribution in [2.75, 3.05) is 32.7 Å². The summed E-state index contributed by atoms with van der Waals surface area (Å²) in [6.45, 7) is 8.22. The third-order valence-electron chi connectivity index (χ3n) is 6.66. The van der Waals surface area contributed by atoms with Crippen molar-refractivity contribution in [2.45, 2.75) is 38.3 Å². The monoisotopic (exact) mass is 452 g/mol. The Kier molecular flexibility index (Phi) is 7.85. The second kappa shape index (κ2) is 11.0. The number of carbonyl (C=O) groups is 1. The Balaban J connectivity index is 1.36. The molecule has 3 aromatic rings. The molecule has 4 rings (SSSR count). The first-order chi connectivity index (χ1) is 15.6. The molecule has 0 spiro atoms. The number of aromatic amines is 1. The molecular formula is C26H33ClN4O. The number of para-hydroxylation sites is 1. The van der Waals surface area contributed by atoms with Crippen LogP contribution < -0.4 is 5.32 Å². The van der Waals surface area contributed by atoms with Gasteiger partial charge in [-0.15, -0.1) is 0 Å². The fourth-order valence-electron chi connectivity index (χ4n) is 4.79. The van der Waals surface area contributed by atoms with Crippen molar-refractivity contribution >= 4 is 28.9 Å². The number of hydrogen-bond donors (Lipinski definition) is 2. The lowest BCUT2D eigenvalue weighted by atomic mass is 9.94. The van der Waals surface area contributed by atoms with Crippen molar-refractivity contribution in [3.05, 3.63) is 70.9 Å². The van der Waals surface area contributed by atoms with Crippen LogP contribution in [0.3, 0.4) is 0 Å². The van der Waals surface area contributed by atoms with Gasteiger partial charge in [0.15, 0.2) is 0 Å². The lowest BCUT2D eigenvalue weighted by Crippen LogP contribution is -2.50. The van der Waals surface area contributed by atoms with Gasteiger partial charge in [-0.25, -0.2) is 0 Å². The number of nitrogens with zero attached hydrogens (tertiary/aromatic N) is 2. The molecule has 1 aliphatic rings. The van der Waals surface area contributed by atoms with Gasteiger partial charge in [0.05, 0.1) is 0 Å². The Morgan fingerprint density at radius 1 is 1.09 bits per heavy atom. The number of rotatable bonds is 10. The van der Waals surface area contributed by atoms with Crippen LogP contribution in [0.5, 0.6) is 0 Å². The molecule has 1 fully saturated rings. The third kappa shape index (κ3) is 5.91. The fourth-order valence-corrected chi connectivity index (χ4v) is 4.92. The Morgan fingerprint density at radius 3 is 2.56 bits per heavy atom. The van der Waals surface area contributed by atoms with Crippen molar-refractivity contribution in [2.24, 2.45) is 0 Å². The molecule has 2 N–H and O–H groups in total. The van der Waals surface area contributed by atoms with E-state index in [1.807, 2.05) is 12.1 Å². The molecule has 170 valence electrons. The van der Waals surface area contributed by atoms with E-state index in [-0.39, 0.29) is 0 Å². The lowest BCUT2D eigenvalue weighted by Gasteiger charge is -2.40. The van der Waals surface area contributed by atoms with E-state index in [0.717, 1.165) is 63.5 Å². The molecule has 1 aliphatic heterocycles. The molecule has 0 bridgehead atoms. The van der Waals surface area contributed by atoms with Gasteiger partial charge in [-0.3, -0.25) is 14.6 Å². The first-order valence-corrected chi connectivity index (χ1v) is 12.0. The summed E-state index contributed by atoms with van der Waals surface area (Å²) in [6.07, 6.45) is 2.85. The van der Waals surface area contributed by atoms with Crippen LogP contribution in [0.25, 0.3) is 10.9 Å². The highest BCUT2D eigenvalue weighted by atomic mass is 35.5. The molecule has 1 amide bonds. The minimum absolute atomic E-state index is 0.427. The molecule has 2 unspecified atom stereocenters. The maximum atomic E-state index is 10.8. The number of piperazine rings is 1. The topological polar surface area (TPSA) is 51.4 Å². The molecule has 5 nitrogen and oxygen atoms in total. The molecule has 32 heavy (non-hydrogen) atoms. The molecular weight excluding hydrogens is 420 g/mol. The minimum Gasteiger partial charge on any atom is -0.359 e. The van der Waals surface area contributed by atoms with Crippen LogP contribution in [0, 0.1) is 0 Å². The van der Waals surface area contributed by atoms with Gasteiger partial charge in [0.1, 0.15) is 0 Å². The van der Waals surface area contributed by atoms with Gasteiger partial charge < -0.3 is 10.3 Å². The van der Waals surface area contributed by atoms with Crippen LogP contribution in [-0.4, -0.2) is 60.0 Å². The fraction of sp³-hybridized carbons (Fsp3) is 0.423.